The average Bonchev–Trinajstić information content (AvgIpc) is 2.36. The van der Waals surface area contributed by atoms with E-state index in [4.69, 9.17) is 11.6 Å². The summed E-state index contributed by atoms with van der Waals surface area (Å²) in [6, 6.07) is 8.59. The molecule has 0 fully saturated rings. The van der Waals surface area contributed by atoms with E-state index in [1.807, 2.05) is 0 Å². The van der Waals surface area contributed by atoms with Gasteiger partial charge in [-0.05, 0) is 30.3 Å². The molecule has 98 valence electrons. The highest BCUT2D eigenvalue weighted by Crippen LogP contribution is 2.37. The molecule has 0 saturated heterocycles. The van der Waals surface area contributed by atoms with Gasteiger partial charge in [0.1, 0.15) is 11.5 Å². The van der Waals surface area contributed by atoms with E-state index in [1.165, 1.54) is 30.3 Å². The van der Waals surface area contributed by atoms with Gasteiger partial charge in [0, 0.05) is 9.95 Å². The quantitative estimate of drug-likeness (QED) is 0.668. The summed E-state index contributed by atoms with van der Waals surface area (Å²) >= 11 is 5.80. The van der Waals surface area contributed by atoms with Gasteiger partial charge in [-0.2, -0.15) is 0 Å². The van der Waals surface area contributed by atoms with Crippen molar-refractivity contribution in [3.8, 4) is 11.5 Å². The maximum absolute atomic E-state index is 11.3. The molecule has 0 radical (unpaired) electrons. The lowest BCUT2D eigenvalue weighted by atomic mass is 9.97. The molecule has 0 aliphatic rings. The van der Waals surface area contributed by atoms with E-state index in [9.17, 15) is 20.3 Å². The third-order valence-electron chi connectivity index (χ3n) is 2.73. The monoisotopic (exact) mass is 279 g/mol. The molecule has 0 bridgehead atoms. The van der Waals surface area contributed by atoms with Crippen LogP contribution in [-0.2, 0) is 0 Å². The van der Waals surface area contributed by atoms with Crippen molar-refractivity contribution in [3.05, 3.63) is 68.7 Å². The number of rotatable bonds is 3. The number of halogens is 1. The molecule has 5 nitrogen and oxygen atoms in total. The van der Waals surface area contributed by atoms with Gasteiger partial charge in [0.2, 0.25) is 0 Å². The van der Waals surface area contributed by atoms with Gasteiger partial charge in [0.15, 0.2) is 0 Å². The normalized spacial score (nSPS) is 12.1. The Morgan fingerprint density at radius 3 is 2.32 bits per heavy atom. The van der Waals surface area contributed by atoms with Gasteiger partial charge in [-0.3, -0.25) is 10.1 Å². The summed E-state index contributed by atoms with van der Waals surface area (Å²) in [5.41, 5.74) is 0.143. The highest BCUT2D eigenvalue weighted by atomic mass is 35.5. The van der Waals surface area contributed by atoms with E-state index in [-0.39, 0.29) is 27.6 Å². The second-order valence-corrected chi connectivity index (χ2v) is 4.39. The van der Waals surface area contributed by atoms with Crippen LogP contribution < -0.4 is 0 Å². The first-order valence-corrected chi connectivity index (χ1v) is 5.78. The van der Waals surface area contributed by atoms with Crippen LogP contribution in [0.2, 0.25) is 5.02 Å². The van der Waals surface area contributed by atoms with Gasteiger partial charge in [-0.15, -0.1) is 0 Å². The van der Waals surface area contributed by atoms with Crippen molar-refractivity contribution in [2.24, 2.45) is 0 Å². The zero-order valence-electron chi connectivity index (χ0n) is 9.65. The van der Waals surface area contributed by atoms with Crippen molar-refractivity contribution in [1.82, 2.24) is 0 Å². The van der Waals surface area contributed by atoms with Crippen molar-refractivity contribution in [2.75, 3.05) is 0 Å². The maximum atomic E-state index is 11.3. The van der Waals surface area contributed by atoms with E-state index in [1.54, 1.807) is 12.1 Å². The fourth-order valence-electron chi connectivity index (χ4n) is 1.86. The molecule has 2 aromatic carbocycles. The standard InChI is InChI=1S/C13H10ClNO4/c14-8-5-6-12(17)10(7-8)13(15(18)19)9-3-1-2-4-11(9)16/h1-7,13,16-17H. The number of hydrogen-bond acceptors (Lipinski definition) is 4. The maximum Gasteiger partial charge on any atom is 0.270 e. The van der Waals surface area contributed by atoms with Gasteiger partial charge in [0.25, 0.3) is 6.04 Å². The molecule has 0 spiro atoms. The smallest absolute Gasteiger partial charge is 0.270 e. The first-order chi connectivity index (χ1) is 9.00. The van der Waals surface area contributed by atoms with E-state index < -0.39 is 11.0 Å². The largest absolute Gasteiger partial charge is 0.507 e. The minimum absolute atomic E-state index is 0.0407. The molecular formula is C13H10ClNO4. The Bertz CT molecular complexity index is 630. The summed E-state index contributed by atoms with van der Waals surface area (Å²) < 4.78 is 0. The number of para-hydroxylation sites is 1. The average molecular weight is 280 g/mol. The fourth-order valence-corrected chi connectivity index (χ4v) is 2.04. The first-order valence-electron chi connectivity index (χ1n) is 5.40. The molecule has 19 heavy (non-hydrogen) atoms. The molecule has 1 unspecified atom stereocenters. The predicted octanol–water partition coefficient (Wildman–Crippen LogP) is 3.12. The molecule has 0 aromatic heterocycles. The van der Waals surface area contributed by atoms with Gasteiger partial charge in [-0.1, -0.05) is 23.7 Å². The summed E-state index contributed by atoms with van der Waals surface area (Å²) in [6.07, 6.45) is 0. The van der Waals surface area contributed by atoms with Crippen LogP contribution >= 0.6 is 11.6 Å². The highest BCUT2D eigenvalue weighted by Gasteiger charge is 2.30. The van der Waals surface area contributed by atoms with Crippen molar-refractivity contribution >= 4 is 11.6 Å². The SMILES string of the molecule is O=[N+]([O-])C(c1ccccc1O)c1cc(Cl)ccc1O. The predicted molar refractivity (Wildman–Crippen MR) is 70.1 cm³/mol. The van der Waals surface area contributed by atoms with Crippen LogP contribution in [0.15, 0.2) is 42.5 Å². The van der Waals surface area contributed by atoms with Crippen LogP contribution in [0.5, 0.6) is 11.5 Å². The second kappa shape index (κ2) is 5.16. The van der Waals surface area contributed by atoms with Crippen molar-refractivity contribution in [3.63, 3.8) is 0 Å². The van der Waals surface area contributed by atoms with Crippen molar-refractivity contribution in [1.29, 1.82) is 0 Å². The number of benzene rings is 2. The van der Waals surface area contributed by atoms with E-state index in [0.29, 0.717) is 0 Å². The Morgan fingerprint density at radius 2 is 1.68 bits per heavy atom. The lowest BCUT2D eigenvalue weighted by Crippen LogP contribution is -2.12. The lowest BCUT2D eigenvalue weighted by molar-refractivity contribution is -0.517. The summed E-state index contributed by atoms with van der Waals surface area (Å²) in [5.74, 6) is -0.446. The van der Waals surface area contributed by atoms with Gasteiger partial charge in [0.05, 0.1) is 11.1 Å². The molecule has 6 heteroatoms. The topological polar surface area (TPSA) is 83.6 Å². The fraction of sp³-hybridized carbons (Fsp3) is 0.0769. The second-order valence-electron chi connectivity index (χ2n) is 3.95. The number of nitro groups is 1. The zero-order valence-corrected chi connectivity index (χ0v) is 10.4. The summed E-state index contributed by atoms with van der Waals surface area (Å²) in [4.78, 5) is 10.7. The Hall–Kier alpha value is -2.27. The van der Waals surface area contributed by atoms with E-state index >= 15 is 0 Å². The van der Waals surface area contributed by atoms with Crippen LogP contribution in [-0.4, -0.2) is 15.1 Å². The number of nitrogens with zero attached hydrogens (tertiary/aromatic N) is 1. The highest BCUT2D eigenvalue weighted by molar-refractivity contribution is 6.30. The summed E-state index contributed by atoms with van der Waals surface area (Å²) in [6.45, 7) is 0. The van der Waals surface area contributed by atoms with Crippen LogP contribution in [0, 0.1) is 10.1 Å². The Labute approximate surface area is 113 Å². The molecule has 2 N–H and O–H groups in total. The summed E-state index contributed by atoms with van der Waals surface area (Å²) in [5, 5.41) is 31.0. The van der Waals surface area contributed by atoms with E-state index in [2.05, 4.69) is 0 Å². The number of hydrogen-bond donors (Lipinski definition) is 2. The molecule has 1 atom stereocenters. The van der Waals surface area contributed by atoms with Gasteiger partial charge in [-0.25, -0.2) is 0 Å². The van der Waals surface area contributed by atoms with Crippen LogP contribution in [0.1, 0.15) is 17.2 Å². The molecule has 0 aliphatic heterocycles. The molecule has 0 amide bonds. The Kier molecular flexibility index (Phi) is 3.57. The van der Waals surface area contributed by atoms with Gasteiger partial charge < -0.3 is 10.2 Å². The summed E-state index contributed by atoms with van der Waals surface area (Å²) in [7, 11) is 0. The number of phenolic OH excluding ortho intramolecular Hbond substituents is 2. The molecular weight excluding hydrogens is 270 g/mol. The van der Waals surface area contributed by atoms with Crippen molar-refractivity contribution in [2.45, 2.75) is 6.04 Å². The first kappa shape index (κ1) is 13.2. The molecule has 0 saturated carbocycles. The molecule has 0 aliphatic carbocycles. The Balaban J connectivity index is 2.62. The molecule has 2 aromatic rings. The molecule has 0 heterocycles. The third-order valence-corrected chi connectivity index (χ3v) is 2.96. The minimum atomic E-state index is -1.38. The van der Waals surface area contributed by atoms with E-state index in [0.717, 1.165) is 0 Å². The third kappa shape index (κ3) is 2.61. The number of phenols is 2. The Morgan fingerprint density at radius 1 is 1.05 bits per heavy atom. The van der Waals surface area contributed by atoms with Crippen molar-refractivity contribution < 1.29 is 15.1 Å². The van der Waals surface area contributed by atoms with Crippen LogP contribution in [0.25, 0.3) is 0 Å². The van der Waals surface area contributed by atoms with Crippen LogP contribution in [0.3, 0.4) is 0 Å². The molecule has 2 rings (SSSR count). The van der Waals surface area contributed by atoms with Crippen LogP contribution in [0.4, 0.5) is 0 Å². The lowest BCUT2D eigenvalue weighted by Gasteiger charge is -2.13. The number of aromatic hydroxyl groups is 2. The van der Waals surface area contributed by atoms with Gasteiger partial charge >= 0.3 is 0 Å². The zero-order chi connectivity index (χ0) is 14.0. The minimum Gasteiger partial charge on any atom is -0.507 e.